The first kappa shape index (κ1) is 12.6. The second-order valence-corrected chi connectivity index (χ2v) is 5.78. The van der Waals surface area contributed by atoms with Crippen LogP contribution in [0.2, 0.25) is 0 Å². The predicted octanol–water partition coefficient (Wildman–Crippen LogP) is 4.00. The number of rotatable bonds is 3. The molecule has 2 rings (SSSR count). The Hall–Kier alpha value is -0.820. The molecule has 0 unspecified atom stereocenters. The first-order valence-electron chi connectivity index (χ1n) is 6.89. The molecule has 1 aromatic rings. The maximum absolute atomic E-state index is 9.77. The predicted molar refractivity (Wildman–Crippen MR) is 72.4 cm³/mol. The van der Waals surface area contributed by atoms with Crippen LogP contribution in [0.4, 0.5) is 0 Å². The summed E-state index contributed by atoms with van der Waals surface area (Å²) in [5, 5.41) is 9.77. The smallest absolute Gasteiger partial charge is 0.0527 e. The minimum absolute atomic E-state index is 0.0494. The molecule has 0 heterocycles. The fourth-order valence-electron chi connectivity index (χ4n) is 2.99. The van der Waals surface area contributed by atoms with E-state index < -0.39 is 0 Å². The minimum Gasteiger partial charge on any atom is -0.395 e. The van der Waals surface area contributed by atoms with Crippen LogP contribution in [0.1, 0.15) is 63.0 Å². The average Bonchev–Trinajstić information content (AvgIpc) is 2.39. The van der Waals surface area contributed by atoms with E-state index in [9.17, 15) is 5.11 Å². The minimum atomic E-state index is 0.0494. The highest BCUT2D eigenvalue weighted by molar-refractivity contribution is 5.31. The summed E-state index contributed by atoms with van der Waals surface area (Å²) < 4.78 is 0. The van der Waals surface area contributed by atoms with Gasteiger partial charge in [0.2, 0.25) is 0 Å². The van der Waals surface area contributed by atoms with Crippen molar-refractivity contribution in [2.45, 2.75) is 57.3 Å². The molecule has 1 heteroatoms. The fourth-order valence-corrected chi connectivity index (χ4v) is 2.99. The van der Waals surface area contributed by atoms with Gasteiger partial charge >= 0.3 is 0 Å². The maximum atomic E-state index is 9.77. The third-order valence-corrected chi connectivity index (χ3v) is 4.30. The van der Waals surface area contributed by atoms with E-state index in [1.165, 1.54) is 30.4 Å². The summed E-state index contributed by atoms with van der Waals surface area (Å²) in [5.41, 5.74) is 2.77. The van der Waals surface area contributed by atoms with E-state index in [1.807, 2.05) is 0 Å². The number of aliphatic hydroxyl groups is 1. The Bertz CT molecular complexity index is 344. The summed E-state index contributed by atoms with van der Waals surface area (Å²) in [6, 6.07) is 8.92. The topological polar surface area (TPSA) is 20.2 Å². The van der Waals surface area contributed by atoms with Gasteiger partial charge in [-0.2, -0.15) is 0 Å². The van der Waals surface area contributed by atoms with Gasteiger partial charge in [-0.15, -0.1) is 0 Å². The molecule has 1 aliphatic rings. The SMILES string of the molecule is CC(C)c1ccc(C2(CO)CCCCC2)cc1. The number of benzene rings is 1. The van der Waals surface area contributed by atoms with Crippen molar-refractivity contribution in [3.63, 3.8) is 0 Å². The van der Waals surface area contributed by atoms with Gasteiger partial charge in [-0.25, -0.2) is 0 Å². The van der Waals surface area contributed by atoms with E-state index in [-0.39, 0.29) is 5.41 Å². The molecule has 0 bridgehead atoms. The maximum Gasteiger partial charge on any atom is 0.0527 e. The monoisotopic (exact) mass is 232 g/mol. The first-order chi connectivity index (χ1) is 8.18. The summed E-state index contributed by atoms with van der Waals surface area (Å²) in [4.78, 5) is 0. The largest absolute Gasteiger partial charge is 0.395 e. The lowest BCUT2D eigenvalue weighted by molar-refractivity contribution is 0.152. The van der Waals surface area contributed by atoms with E-state index in [0.29, 0.717) is 12.5 Å². The molecule has 1 aromatic carbocycles. The molecule has 1 aliphatic carbocycles. The lowest BCUT2D eigenvalue weighted by atomic mass is 9.70. The molecular formula is C16H24O. The van der Waals surface area contributed by atoms with Gasteiger partial charge in [0.15, 0.2) is 0 Å². The van der Waals surface area contributed by atoms with Gasteiger partial charge < -0.3 is 5.11 Å². The third-order valence-electron chi connectivity index (χ3n) is 4.30. The van der Waals surface area contributed by atoms with Crippen LogP contribution in [-0.2, 0) is 5.41 Å². The lowest BCUT2D eigenvalue weighted by Crippen LogP contribution is -2.33. The Kier molecular flexibility index (Phi) is 3.88. The van der Waals surface area contributed by atoms with Crippen molar-refractivity contribution >= 4 is 0 Å². The quantitative estimate of drug-likeness (QED) is 0.835. The van der Waals surface area contributed by atoms with Gasteiger partial charge in [-0.3, -0.25) is 0 Å². The second kappa shape index (κ2) is 5.22. The summed E-state index contributed by atoms with van der Waals surface area (Å²) in [7, 11) is 0. The molecule has 0 aromatic heterocycles. The molecule has 1 N–H and O–H groups in total. The molecule has 17 heavy (non-hydrogen) atoms. The van der Waals surface area contributed by atoms with Crippen LogP contribution in [0.3, 0.4) is 0 Å². The van der Waals surface area contributed by atoms with Crippen LogP contribution in [0, 0.1) is 0 Å². The van der Waals surface area contributed by atoms with Crippen molar-refractivity contribution in [2.75, 3.05) is 6.61 Å². The highest BCUT2D eigenvalue weighted by atomic mass is 16.3. The molecule has 1 saturated carbocycles. The number of aliphatic hydroxyl groups excluding tert-OH is 1. The average molecular weight is 232 g/mol. The van der Waals surface area contributed by atoms with Crippen molar-refractivity contribution in [1.82, 2.24) is 0 Å². The van der Waals surface area contributed by atoms with Crippen LogP contribution < -0.4 is 0 Å². The van der Waals surface area contributed by atoms with Crippen molar-refractivity contribution in [3.8, 4) is 0 Å². The first-order valence-corrected chi connectivity index (χ1v) is 6.89. The molecule has 0 spiro atoms. The van der Waals surface area contributed by atoms with Crippen molar-refractivity contribution < 1.29 is 5.11 Å². The molecule has 0 amide bonds. The standard InChI is InChI=1S/C16H24O/c1-13(2)14-6-8-15(9-7-14)16(12-17)10-4-3-5-11-16/h6-9,13,17H,3-5,10-12H2,1-2H3. The summed E-state index contributed by atoms with van der Waals surface area (Å²) in [6.45, 7) is 4.74. The molecule has 0 radical (unpaired) electrons. The number of hydrogen-bond donors (Lipinski definition) is 1. The van der Waals surface area contributed by atoms with Crippen LogP contribution in [0.5, 0.6) is 0 Å². The number of hydrogen-bond acceptors (Lipinski definition) is 1. The van der Waals surface area contributed by atoms with Gasteiger partial charge in [0.1, 0.15) is 0 Å². The van der Waals surface area contributed by atoms with Crippen LogP contribution in [0.15, 0.2) is 24.3 Å². The Balaban J connectivity index is 2.24. The van der Waals surface area contributed by atoms with E-state index in [1.54, 1.807) is 0 Å². The van der Waals surface area contributed by atoms with Crippen molar-refractivity contribution in [2.24, 2.45) is 0 Å². The van der Waals surface area contributed by atoms with E-state index >= 15 is 0 Å². The Morgan fingerprint density at radius 2 is 1.65 bits per heavy atom. The molecule has 1 fully saturated rings. The molecule has 0 aliphatic heterocycles. The van der Waals surface area contributed by atoms with Gasteiger partial charge in [0.05, 0.1) is 6.61 Å². The molecule has 0 saturated heterocycles. The highest BCUT2D eigenvalue weighted by Crippen LogP contribution is 2.39. The Morgan fingerprint density at radius 1 is 1.06 bits per heavy atom. The summed E-state index contributed by atoms with van der Waals surface area (Å²) in [5.74, 6) is 0.584. The third kappa shape index (κ3) is 2.55. The zero-order valence-corrected chi connectivity index (χ0v) is 11.1. The molecule has 94 valence electrons. The van der Waals surface area contributed by atoms with Crippen molar-refractivity contribution in [3.05, 3.63) is 35.4 Å². The summed E-state index contributed by atoms with van der Waals surface area (Å²) >= 11 is 0. The Labute approximate surface area is 105 Å². The van der Waals surface area contributed by atoms with Gasteiger partial charge in [-0.1, -0.05) is 57.4 Å². The molecular weight excluding hydrogens is 208 g/mol. The van der Waals surface area contributed by atoms with Crippen LogP contribution in [-0.4, -0.2) is 11.7 Å². The molecule has 1 nitrogen and oxygen atoms in total. The van der Waals surface area contributed by atoms with Crippen LogP contribution in [0.25, 0.3) is 0 Å². The van der Waals surface area contributed by atoms with Gasteiger partial charge in [-0.05, 0) is 29.9 Å². The zero-order chi connectivity index (χ0) is 12.3. The van der Waals surface area contributed by atoms with E-state index in [4.69, 9.17) is 0 Å². The Morgan fingerprint density at radius 3 is 2.12 bits per heavy atom. The van der Waals surface area contributed by atoms with Crippen LogP contribution >= 0.6 is 0 Å². The van der Waals surface area contributed by atoms with Crippen molar-refractivity contribution in [1.29, 1.82) is 0 Å². The summed E-state index contributed by atoms with van der Waals surface area (Å²) in [6.07, 6.45) is 6.12. The zero-order valence-electron chi connectivity index (χ0n) is 11.1. The van der Waals surface area contributed by atoms with Gasteiger partial charge in [0.25, 0.3) is 0 Å². The normalized spacial score (nSPS) is 19.5. The second-order valence-electron chi connectivity index (χ2n) is 5.78. The fraction of sp³-hybridized carbons (Fsp3) is 0.625. The van der Waals surface area contributed by atoms with E-state index in [0.717, 1.165) is 12.8 Å². The lowest BCUT2D eigenvalue weighted by Gasteiger charge is -2.36. The van der Waals surface area contributed by atoms with Gasteiger partial charge in [0, 0.05) is 5.41 Å². The van der Waals surface area contributed by atoms with E-state index in [2.05, 4.69) is 38.1 Å². The molecule has 0 atom stereocenters. The highest BCUT2D eigenvalue weighted by Gasteiger charge is 2.32.